The zero-order valence-electron chi connectivity index (χ0n) is 14.7. The van der Waals surface area contributed by atoms with E-state index in [9.17, 15) is 4.79 Å². The van der Waals surface area contributed by atoms with E-state index in [1.54, 1.807) is 13.2 Å². The first-order valence-corrected chi connectivity index (χ1v) is 8.30. The van der Waals surface area contributed by atoms with E-state index in [-0.39, 0.29) is 12.5 Å². The van der Waals surface area contributed by atoms with Gasteiger partial charge in [-0.3, -0.25) is 9.69 Å². The lowest BCUT2D eigenvalue weighted by Gasteiger charge is -2.21. The number of anilines is 1. The number of methoxy groups -OCH3 is 1. The predicted molar refractivity (Wildman–Crippen MR) is 98.3 cm³/mol. The van der Waals surface area contributed by atoms with E-state index in [0.29, 0.717) is 23.5 Å². The van der Waals surface area contributed by atoms with Crippen LogP contribution in [0.1, 0.15) is 24.5 Å². The number of carbonyl (C=O) groups excluding carboxylic acids is 1. The Bertz CT molecular complexity index is 753. The summed E-state index contributed by atoms with van der Waals surface area (Å²) in [6.45, 7) is 3.79. The molecule has 0 fully saturated rings. The molecule has 5 nitrogen and oxygen atoms in total. The molecule has 5 heteroatoms. The van der Waals surface area contributed by atoms with Crippen LogP contribution < -0.4 is 10.1 Å². The Kier molecular flexibility index (Phi) is 7.00. The number of amides is 1. The van der Waals surface area contributed by atoms with Crippen molar-refractivity contribution in [2.24, 2.45) is 0 Å². The van der Waals surface area contributed by atoms with Gasteiger partial charge in [-0.2, -0.15) is 5.26 Å². The number of carbonyl (C=O) groups is 1. The highest BCUT2D eigenvalue weighted by atomic mass is 16.5. The number of nitrogens with zero attached hydrogens (tertiary/aromatic N) is 2. The molecule has 2 aromatic rings. The molecule has 0 saturated heterocycles. The number of nitrogens with one attached hydrogen (secondary N) is 1. The number of benzene rings is 2. The van der Waals surface area contributed by atoms with Crippen molar-refractivity contribution in [2.45, 2.75) is 19.9 Å². The summed E-state index contributed by atoms with van der Waals surface area (Å²) in [6.07, 6.45) is 0.944. The maximum atomic E-state index is 12.4. The minimum Gasteiger partial charge on any atom is -0.495 e. The molecule has 2 aromatic carbocycles. The van der Waals surface area contributed by atoms with E-state index in [4.69, 9.17) is 10.00 Å². The van der Waals surface area contributed by atoms with Gasteiger partial charge in [0.15, 0.2) is 0 Å². The van der Waals surface area contributed by atoms with Crippen molar-refractivity contribution >= 4 is 11.6 Å². The van der Waals surface area contributed by atoms with E-state index in [2.05, 4.69) is 23.2 Å². The van der Waals surface area contributed by atoms with Gasteiger partial charge in [-0.15, -0.1) is 0 Å². The van der Waals surface area contributed by atoms with E-state index in [1.165, 1.54) is 0 Å². The summed E-state index contributed by atoms with van der Waals surface area (Å²) >= 11 is 0. The number of hydrogen-bond acceptors (Lipinski definition) is 4. The zero-order chi connectivity index (χ0) is 18.1. The van der Waals surface area contributed by atoms with Crippen molar-refractivity contribution in [2.75, 3.05) is 25.5 Å². The minimum absolute atomic E-state index is 0.0885. The molecule has 25 heavy (non-hydrogen) atoms. The van der Waals surface area contributed by atoms with Crippen molar-refractivity contribution in [3.63, 3.8) is 0 Å². The maximum Gasteiger partial charge on any atom is 0.238 e. The fraction of sp³-hybridized carbons (Fsp3) is 0.300. The van der Waals surface area contributed by atoms with Crippen LogP contribution in [0.25, 0.3) is 0 Å². The third kappa shape index (κ3) is 5.63. The highest BCUT2D eigenvalue weighted by Gasteiger charge is 2.13. The first-order valence-electron chi connectivity index (χ1n) is 8.30. The Morgan fingerprint density at radius 3 is 2.76 bits per heavy atom. The molecule has 0 saturated carbocycles. The molecule has 0 bridgehead atoms. The number of rotatable bonds is 8. The Hall–Kier alpha value is -2.84. The van der Waals surface area contributed by atoms with Gasteiger partial charge >= 0.3 is 0 Å². The molecule has 2 rings (SSSR count). The minimum atomic E-state index is -0.0885. The highest BCUT2D eigenvalue weighted by Crippen LogP contribution is 2.22. The summed E-state index contributed by atoms with van der Waals surface area (Å²) in [5, 5.41) is 11.9. The van der Waals surface area contributed by atoms with Crippen LogP contribution in [0, 0.1) is 11.3 Å². The maximum absolute atomic E-state index is 12.4. The van der Waals surface area contributed by atoms with Crippen LogP contribution in [0.5, 0.6) is 5.75 Å². The summed E-state index contributed by atoms with van der Waals surface area (Å²) in [5.74, 6) is 0.550. The van der Waals surface area contributed by atoms with Crippen molar-refractivity contribution in [1.82, 2.24) is 4.90 Å². The SMILES string of the molecule is CCCN(CC(=O)Nc1ccccc1OC)Cc1cccc(C#N)c1. The molecule has 1 amide bonds. The molecule has 0 radical (unpaired) electrons. The molecule has 0 unspecified atom stereocenters. The van der Waals surface area contributed by atoms with Gasteiger partial charge in [0.1, 0.15) is 5.75 Å². The third-order valence-electron chi connectivity index (χ3n) is 3.75. The Morgan fingerprint density at radius 1 is 1.24 bits per heavy atom. The Balaban J connectivity index is 2.02. The van der Waals surface area contributed by atoms with Crippen molar-refractivity contribution in [3.05, 3.63) is 59.7 Å². The summed E-state index contributed by atoms with van der Waals surface area (Å²) in [5.41, 5.74) is 2.32. The lowest BCUT2D eigenvalue weighted by atomic mass is 10.1. The van der Waals surface area contributed by atoms with Gasteiger partial charge in [-0.25, -0.2) is 0 Å². The largest absolute Gasteiger partial charge is 0.495 e. The molecular weight excluding hydrogens is 314 g/mol. The van der Waals surface area contributed by atoms with E-state index in [0.717, 1.165) is 18.5 Å². The molecule has 130 valence electrons. The van der Waals surface area contributed by atoms with Gasteiger partial charge in [-0.1, -0.05) is 31.2 Å². The quantitative estimate of drug-likeness (QED) is 0.801. The van der Waals surface area contributed by atoms with Crippen molar-refractivity contribution in [1.29, 1.82) is 5.26 Å². The molecule has 0 aliphatic carbocycles. The van der Waals surface area contributed by atoms with E-state index in [1.807, 2.05) is 42.5 Å². The first-order chi connectivity index (χ1) is 12.2. The Labute approximate surface area is 148 Å². The van der Waals surface area contributed by atoms with Gasteiger partial charge in [0.25, 0.3) is 0 Å². The number of ether oxygens (including phenoxy) is 1. The topological polar surface area (TPSA) is 65.4 Å². The summed E-state index contributed by atoms with van der Waals surface area (Å²) < 4.78 is 5.26. The second kappa shape index (κ2) is 9.45. The van der Waals surface area contributed by atoms with Crippen LogP contribution in [-0.2, 0) is 11.3 Å². The predicted octanol–water partition coefficient (Wildman–Crippen LogP) is 3.42. The monoisotopic (exact) mass is 337 g/mol. The molecule has 0 atom stereocenters. The second-order valence-electron chi connectivity index (χ2n) is 5.77. The van der Waals surface area contributed by atoms with Crippen LogP contribution in [0.4, 0.5) is 5.69 Å². The molecule has 1 N–H and O–H groups in total. The van der Waals surface area contributed by atoms with Gasteiger partial charge < -0.3 is 10.1 Å². The van der Waals surface area contributed by atoms with Crippen molar-refractivity contribution < 1.29 is 9.53 Å². The average Bonchev–Trinajstić information content (AvgIpc) is 2.62. The molecule has 0 aromatic heterocycles. The smallest absolute Gasteiger partial charge is 0.238 e. The number of hydrogen-bond donors (Lipinski definition) is 1. The average molecular weight is 337 g/mol. The summed E-state index contributed by atoms with van der Waals surface area (Å²) in [6, 6.07) is 17.0. The second-order valence-corrected chi connectivity index (χ2v) is 5.77. The molecule has 0 aliphatic rings. The normalized spacial score (nSPS) is 10.3. The van der Waals surface area contributed by atoms with Gasteiger partial charge in [0.2, 0.25) is 5.91 Å². The van der Waals surface area contributed by atoms with Gasteiger partial charge in [0.05, 0.1) is 31.0 Å². The van der Waals surface area contributed by atoms with E-state index < -0.39 is 0 Å². The Morgan fingerprint density at radius 2 is 2.04 bits per heavy atom. The van der Waals surface area contributed by atoms with Crippen LogP contribution in [0.15, 0.2) is 48.5 Å². The summed E-state index contributed by atoms with van der Waals surface area (Å²) in [4.78, 5) is 14.5. The van der Waals surface area contributed by atoms with Crippen LogP contribution in [0.3, 0.4) is 0 Å². The molecular formula is C20H23N3O2. The lowest BCUT2D eigenvalue weighted by Crippen LogP contribution is -2.33. The van der Waals surface area contributed by atoms with Gasteiger partial charge in [0, 0.05) is 6.54 Å². The molecule has 0 spiro atoms. The van der Waals surface area contributed by atoms with Gasteiger partial charge in [-0.05, 0) is 42.8 Å². The summed E-state index contributed by atoms with van der Waals surface area (Å²) in [7, 11) is 1.58. The molecule has 0 aliphatic heterocycles. The highest BCUT2D eigenvalue weighted by molar-refractivity contribution is 5.93. The van der Waals surface area contributed by atoms with Crippen LogP contribution in [0.2, 0.25) is 0 Å². The standard InChI is InChI=1S/C20H23N3O2/c1-3-11-23(14-17-8-6-7-16(12-17)13-21)15-20(24)22-18-9-4-5-10-19(18)25-2/h4-10,12H,3,11,14-15H2,1-2H3,(H,22,24). The van der Waals surface area contributed by atoms with Crippen LogP contribution in [-0.4, -0.2) is 31.0 Å². The lowest BCUT2D eigenvalue weighted by molar-refractivity contribution is -0.117. The van der Waals surface area contributed by atoms with Crippen molar-refractivity contribution in [3.8, 4) is 11.8 Å². The number of nitriles is 1. The first kappa shape index (κ1) is 18.5. The fourth-order valence-corrected chi connectivity index (χ4v) is 2.67. The molecule has 0 heterocycles. The van der Waals surface area contributed by atoms with Crippen LogP contribution >= 0.6 is 0 Å². The fourth-order valence-electron chi connectivity index (χ4n) is 2.67. The zero-order valence-corrected chi connectivity index (χ0v) is 14.7. The van der Waals surface area contributed by atoms with E-state index >= 15 is 0 Å². The number of para-hydroxylation sites is 2. The third-order valence-corrected chi connectivity index (χ3v) is 3.75.